The minimum Gasteiger partial charge on any atom is -0.480 e. The molecule has 2 unspecified atom stereocenters. The van der Waals surface area contributed by atoms with E-state index in [0.29, 0.717) is 27.1 Å². The molecule has 3 rings (SSSR count). The molecule has 32 heavy (non-hydrogen) atoms. The van der Waals surface area contributed by atoms with Gasteiger partial charge in [-0.1, -0.05) is 29.3 Å². The zero-order chi connectivity index (χ0) is 23.6. The van der Waals surface area contributed by atoms with Gasteiger partial charge in [0.15, 0.2) is 0 Å². The average Bonchev–Trinajstić information content (AvgIpc) is 2.71. The summed E-state index contributed by atoms with van der Waals surface area (Å²) < 4.78 is 33.5. The molecule has 10 heteroatoms. The Kier molecular flexibility index (Phi) is 7.12. The highest BCUT2D eigenvalue weighted by atomic mass is 35.5. The Morgan fingerprint density at radius 1 is 1.12 bits per heavy atom. The highest BCUT2D eigenvalue weighted by Gasteiger charge is 2.38. The second kappa shape index (κ2) is 9.48. The topological polar surface area (TPSA) is 67.4 Å². The number of ether oxygens (including phenoxy) is 1. The van der Waals surface area contributed by atoms with Crippen LogP contribution in [0, 0.1) is 11.6 Å². The minimum absolute atomic E-state index is 0.299. The van der Waals surface area contributed by atoms with Crippen LogP contribution in [-0.4, -0.2) is 22.9 Å². The fraction of sp³-hybridized carbons (Fsp3) is 0.182. The zero-order valence-corrected chi connectivity index (χ0v) is 19.1. The summed E-state index contributed by atoms with van der Waals surface area (Å²) >= 11 is 18.7. The fourth-order valence-corrected chi connectivity index (χ4v) is 3.77. The summed E-state index contributed by atoms with van der Waals surface area (Å²) in [5, 5.41) is 4.37. The second-order valence-corrected chi connectivity index (χ2v) is 8.44. The molecule has 0 aromatic heterocycles. The fourth-order valence-electron chi connectivity index (χ4n) is 3.09. The number of hydrogen-bond acceptors (Lipinski definition) is 3. The summed E-state index contributed by atoms with van der Waals surface area (Å²) in [5.74, 6) is -3.02. The lowest BCUT2D eigenvalue weighted by molar-refractivity contribution is 0.0956. The van der Waals surface area contributed by atoms with Crippen molar-refractivity contribution in [1.82, 2.24) is 10.6 Å². The highest BCUT2D eigenvalue weighted by molar-refractivity contribution is 6.35. The Morgan fingerprint density at radius 2 is 1.78 bits per heavy atom. The molecular weight excluding hydrogens is 485 g/mol. The summed E-state index contributed by atoms with van der Waals surface area (Å²) in [5.41, 5.74) is -1.05. The Morgan fingerprint density at radius 3 is 2.41 bits per heavy atom. The first-order valence-corrected chi connectivity index (χ1v) is 10.5. The van der Waals surface area contributed by atoms with Gasteiger partial charge >= 0.3 is 6.03 Å². The molecule has 1 aliphatic rings. The molecule has 5 nitrogen and oxygen atoms in total. The van der Waals surface area contributed by atoms with Crippen LogP contribution in [0.5, 0.6) is 5.75 Å². The lowest BCUT2D eigenvalue weighted by atomic mass is 9.89. The number of allylic oxidation sites excluding steroid dienone is 1. The molecule has 0 aliphatic heterocycles. The monoisotopic (exact) mass is 500 g/mol. The molecule has 0 fully saturated rings. The highest BCUT2D eigenvalue weighted by Crippen LogP contribution is 2.37. The Labute approximate surface area is 198 Å². The molecule has 168 valence electrons. The molecule has 1 aliphatic carbocycles. The second-order valence-electron chi connectivity index (χ2n) is 7.16. The van der Waals surface area contributed by atoms with Gasteiger partial charge in [0.1, 0.15) is 28.5 Å². The van der Waals surface area contributed by atoms with Crippen LogP contribution in [0.4, 0.5) is 13.6 Å². The van der Waals surface area contributed by atoms with E-state index in [2.05, 4.69) is 5.32 Å². The predicted molar refractivity (Wildman–Crippen MR) is 119 cm³/mol. The Hall–Kier alpha value is -2.61. The number of halogens is 5. The number of hydrogen-bond donors (Lipinski definition) is 2. The van der Waals surface area contributed by atoms with E-state index in [1.54, 1.807) is 38.1 Å². The predicted octanol–water partition coefficient (Wildman–Crippen LogP) is 6.00. The van der Waals surface area contributed by atoms with Gasteiger partial charge in [0.05, 0.1) is 10.4 Å². The number of alkyl halides is 1. The van der Waals surface area contributed by atoms with Crippen molar-refractivity contribution in [2.24, 2.45) is 0 Å². The van der Waals surface area contributed by atoms with Crippen molar-refractivity contribution in [2.45, 2.75) is 24.8 Å². The van der Waals surface area contributed by atoms with Crippen molar-refractivity contribution in [2.75, 3.05) is 0 Å². The smallest absolute Gasteiger partial charge is 0.326 e. The summed E-state index contributed by atoms with van der Waals surface area (Å²) in [6.45, 7) is 3.40. The van der Waals surface area contributed by atoms with E-state index >= 15 is 0 Å². The van der Waals surface area contributed by atoms with Gasteiger partial charge in [-0.2, -0.15) is 0 Å². The van der Waals surface area contributed by atoms with Crippen molar-refractivity contribution < 1.29 is 23.1 Å². The first kappa shape index (κ1) is 24.0. The average molecular weight is 502 g/mol. The quantitative estimate of drug-likeness (QED) is 0.505. The number of nitrogens with one attached hydrogen (secondary N) is 2. The van der Waals surface area contributed by atoms with Crippen LogP contribution in [0.1, 0.15) is 24.2 Å². The Balaban J connectivity index is 1.72. The molecule has 0 saturated carbocycles. The molecule has 2 N–H and O–H groups in total. The maximum absolute atomic E-state index is 13.7. The van der Waals surface area contributed by atoms with Crippen molar-refractivity contribution in [3.8, 4) is 5.75 Å². The number of amides is 3. The summed E-state index contributed by atoms with van der Waals surface area (Å²) in [7, 11) is 0. The van der Waals surface area contributed by atoms with Gasteiger partial charge < -0.3 is 10.1 Å². The molecule has 2 aromatic rings. The molecule has 0 saturated heterocycles. The molecule has 2 atom stereocenters. The van der Waals surface area contributed by atoms with E-state index in [9.17, 15) is 18.4 Å². The summed E-state index contributed by atoms with van der Waals surface area (Å²) in [6.07, 6.45) is 3.17. The Bertz CT molecular complexity index is 1130. The van der Waals surface area contributed by atoms with Crippen molar-refractivity contribution in [3.63, 3.8) is 0 Å². The van der Waals surface area contributed by atoms with E-state index in [1.807, 2.05) is 5.32 Å². The van der Waals surface area contributed by atoms with Gasteiger partial charge in [0, 0.05) is 10.7 Å². The maximum Gasteiger partial charge on any atom is 0.326 e. The number of urea groups is 1. The molecular formula is C22H17Cl3F2N2O3. The normalized spacial score (nSPS) is 20.2. The van der Waals surface area contributed by atoms with Crippen LogP contribution in [0.15, 0.2) is 59.8 Å². The van der Waals surface area contributed by atoms with Crippen LogP contribution >= 0.6 is 34.8 Å². The summed E-state index contributed by atoms with van der Waals surface area (Å²) in [6, 6.07) is 6.73. The summed E-state index contributed by atoms with van der Waals surface area (Å²) in [4.78, 5) is 24.3. The van der Waals surface area contributed by atoms with Crippen LogP contribution in [-0.2, 0) is 0 Å². The zero-order valence-electron chi connectivity index (χ0n) is 16.8. The van der Waals surface area contributed by atoms with E-state index in [4.69, 9.17) is 39.5 Å². The first-order chi connectivity index (χ1) is 15.0. The van der Waals surface area contributed by atoms with E-state index < -0.39 is 40.1 Å². The van der Waals surface area contributed by atoms with Gasteiger partial charge in [-0.3, -0.25) is 10.1 Å². The van der Waals surface area contributed by atoms with Crippen LogP contribution < -0.4 is 15.4 Å². The van der Waals surface area contributed by atoms with E-state index in [0.717, 1.165) is 18.2 Å². The van der Waals surface area contributed by atoms with Crippen molar-refractivity contribution in [3.05, 3.63) is 87.1 Å². The van der Waals surface area contributed by atoms with E-state index in [-0.39, 0.29) is 0 Å². The van der Waals surface area contributed by atoms with Gasteiger partial charge in [-0.05, 0) is 61.9 Å². The number of rotatable bonds is 4. The maximum atomic E-state index is 13.7. The van der Waals surface area contributed by atoms with Gasteiger partial charge in [-0.25, -0.2) is 13.6 Å². The first-order valence-electron chi connectivity index (χ1n) is 9.26. The molecule has 0 bridgehead atoms. The molecule has 0 heterocycles. The van der Waals surface area contributed by atoms with Gasteiger partial charge in [0.25, 0.3) is 5.91 Å². The lowest BCUT2D eigenvalue weighted by Crippen LogP contribution is -2.45. The van der Waals surface area contributed by atoms with Crippen molar-refractivity contribution in [1.29, 1.82) is 0 Å². The van der Waals surface area contributed by atoms with Gasteiger partial charge in [0.2, 0.25) is 0 Å². The number of carbonyl (C=O) groups excluding carboxylic acids is 2. The van der Waals surface area contributed by atoms with Gasteiger partial charge in [-0.15, -0.1) is 11.6 Å². The van der Waals surface area contributed by atoms with Crippen LogP contribution in [0.2, 0.25) is 10.0 Å². The molecule has 3 amide bonds. The SMILES string of the molecule is CC1=C(NC(=O)NC(=O)c2c(F)cccc2F)C=CC(C)(Oc2ccc(Cl)cc2Cl)C1Cl. The molecule has 2 aromatic carbocycles. The number of benzene rings is 2. The minimum atomic E-state index is -1.22. The largest absolute Gasteiger partial charge is 0.480 e. The third kappa shape index (κ3) is 5.06. The number of carbonyl (C=O) groups is 2. The standard InChI is InChI=1S/C22H17Cl3F2N2O3/c1-11-16(28-21(31)29-20(30)18-14(26)4-3-5-15(18)27)8-9-22(2,19(11)25)32-17-7-6-12(23)10-13(17)24/h3-10,19H,1-2H3,(H2,28,29,30,31). The lowest BCUT2D eigenvalue weighted by Gasteiger charge is -2.36. The van der Waals surface area contributed by atoms with Crippen LogP contribution in [0.3, 0.4) is 0 Å². The molecule has 0 radical (unpaired) electrons. The molecule has 0 spiro atoms. The van der Waals surface area contributed by atoms with Crippen molar-refractivity contribution >= 4 is 46.7 Å². The third-order valence-corrected chi connectivity index (χ3v) is 6.07. The van der Waals surface area contributed by atoms with Crippen LogP contribution in [0.25, 0.3) is 0 Å². The number of imide groups is 1. The third-order valence-electron chi connectivity index (χ3n) is 4.78. The van der Waals surface area contributed by atoms with E-state index in [1.165, 1.54) is 6.07 Å².